The number of pyridine rings is 1. The Morgan fingerprint density at radius 1 is 1.25 bits per heavy atom. The number of hydrogen-bond donors (Lipinski definition) is 1. The maximum Gasteiger partial charge on any atom is 0.296 e. The minimum Gasteiger partial charge on any atom is -0.282 e. The number of nitrogens with zero attached hydrogens (tertiary/aromatic N) is 1. The van der Waals surface area contributed by atoms with Crippen molar-refractivity contribution in [1.82, 2.24) is 4.98 Å². The summed E-state index contributed by atoms with van der Waals surface area (Å²) in [5.74, 6) is 0. The van der Waals surface area contributed by atoms with Crippen molar-refractivity contribution in [3.8, 4) is 0 Å². The maximum atomic E-state index is 10.8. The summed E-state index contributed by atoms with van der Waals surface area (Å²) >= 11 is 3.61. The Kier molecular flexibility index (Phi) is 3.28. The van der Waals surface area contributed by atoms with Crippen LogP contribution in [0, 0.1) is 7.14 Å². The normalized spacial score (nSPS) is 11.6. The predicted octanol–water partition coefficient (Wildman–Crippen LogP) is 1.54. The van der Waals surface area contributed by atoms with Crippen LogP contribution in [0.3, 0.4) is 0 Å². The van der Waals surface area contributed by atoms with E-state index < -0.39 is 10.1 Å². The Labute approximate surface area is 96.8 Å². The first kappa shape index (κ1) is 10.6. The van der Waals surface area contributed by atoms with Crippen molar-refractivity contribution < 1.29 is 13.0 Å². The van der Waals surface area contributed by atoms with Crippen LogP contribution >= 0.6 is 45.2 Å². The fourth-order valence-electron chi connectivity index (χ4n) is 0.646. The van der Waals surface area contributed by atoms with Crippen LogP contribution in [0.5, 0.6) is 0 Å². The molecular formula is C5H3I2NO3S. The zero-order chi connectivity index (χ0) is 9.35. The predicted molar refractivity (Wildman–Crippen MR) is 59.5 cm³/mol. The first-order valence-electron chi connectivity index (χ1n) is 2.69. The summed E-state index contributed by atoms with van der Waals surface area (Å²) in [4.78, 5) is 3.70. The molecule has 0 bridgehead atoms. The zero-order valence-electron chi connectivity index (χ0n) is 5.53. The summed E-state index contributed by atoms with van der Waals surface area (Å²) in [5, 5.41) is 0. The molecule has 0 aliphatic carbocycles. The van der Waals surface area contributed by atoms with E-state index in [4.69, 9.17) is 4.55 Å². The highest BCUT2D eigenvalue weighted by Gasteiger charge is 2.17. The first-order chi connectivity index (χ1) is 5.43. The summed E-state index contributed by atoms with van der Waals surface area (Å²) in [6.45, 7) is 0. The molecule has 1 rings (SSSR count). The quantitative estimate of drug-likeness (QED) is 0.563. The second-order valence-electron chi connectivity index (χ2n) is 1.91. The lowest BCUT2D eigenvalue weighted by Gasteiger charge is -2.01. The molecule has 7 heteroatoms. The summed E-state index contributed by atoms with van der Waals surface area (Å²) in [5.41, 5.74) is 0. The molecule has 0 fully saturated rings. The van der Waals surface area contributed by atoms with Crippen LogP contribution in [0.25, 0.3) is 0 Å². The van der Waals surface area contributed by atoms with E-state index in [2.05, 4.69) is 4.98 Å². The van der Waals surface area contributed by atoms with Crippen molar-refractivity contribution in [2.45, 2.75) is 4.90 Å². The van der Waals surface area contributed by atoms with Crippen LogP contribution in [0.15, 0.2) is 17.3 Å². The second-order valence-corrected chi connectivity index (χ2v) is 5.59. The Balaban J connectivity index is 3.53. The van der Waals surface area contributed by atoms with Gasteiger partial charge in [0, 0.05) is 12.4 Å². The molecule has 0 saturated heterocycles. The lowest BCUT2D eigenvalue weighted by Crippen LogP contribution is -2.04. The van der Waals surface area contributed by atoms with Gasteiger partial charge in [-0.15, -0.1) is 0 Å². The van der Waals surface area contributed by atoms with Gasteiger partial charge in [0.2, 0.25) is 0 Å². The third-order valence-corrected chi connectivity index (χ3v) is 4.39. The smallest absolute Gasteiger partial charge is 0.282 e. The number of halogens is 2. The van der Waals surface area contributed by atoms with E-state index in [1.54, 1.807) is 45.2 Å². The van der Waals surface area contributed by atoms with E-state index in [9.17, 15) is 8.42 Å². The van der Waals surface area contributed by atoms with Gasteiger partial charge in [-0.1, -0.05) is 0 Å². The van der Waals surface area contributed by atoms with E-state index in [0.29, 0.717) is 7.14 Å². The van der Waals surface area contributed by atoms with Crippen LogP contribution in [-0.4, -0.2) is 18.0 Å². The zero-order valence-corrected chi connectivity index (χ0v) is 10.7. The summed E-state index contributed by atoms with van der Waals surface area (Å²) in [7, 11) is -4.12. The van der Waals surface area contributed by atoms with E-state index in [1.807, 2.05) is 0 Å². The van der Waals surface area contributed by atoms with Crippen molar-refractivity contribution in [2.75, 3.05) is 0 Å². The summed E-state index contributed by atoms with van der Waals surface area (Å²) in [6.07, 6.45) is 2.76. The monoisotopic (exact) mass is 411 g/mol. The average molecular weight is 411 g/mol. The third-order valence-electron chi connectivity index (χ3n) is 1.07. The SMILES string of the molecule is O=S(=O)(O)c1c(I)cncc1I. The minimum atomic E-state index is -4.12. The molecule has 66 valence electrons. The van der Waals surface area contributed by atoms with E-state index in [1.165, 1.54) is 12.4 Å². The molecular weight excluding hydrogens is 408 g/mol. The molecule has 0 aromatic carbocycles. The van der Waals surface area contributed by atoms with Crippen molar-refractivity contribution in [2.24, 2.45) is 0 Å². The van der Waals surface area contributed by atoms with Gasteiger partial charge < -0.3 is 0 Å². The molecule has 0 saturated carbocycles. The molecule has 4 nitrogen and oxygen atoms in total. The molecule has 1 heterocycles. The summed E-state index contributed by atoms with van der Waals surface area (Å²) < 4.78 is 31.2. The Morgan fingerprint density at radius 2 is 1.67 bits per heavy atom. The van der Waals surface area contributed by atoms with Crippen molar-refractivity contribution in [3.63, 3.8) is 0 Å². The van der Waals surface area contributed by atoms with Gasteiger partial charge in [0.15, 0.2) is 0 Å². The van der Waals surface area contributed by atoms with Crippen LogP contribution in [0.1, 0.15) is 0 Å². The largest absolute Gasteiger partial charge is 0.296 e. The fraction of sp³-hybridized carbons (Fsp3) is 0. The molecule has 12 heavy (non-hydrogen) atoms. The van der Waals surface area contributed by atoms with Gasteiger partial charge in [0.25, 0.3) is 10.1 Å². The van der Waals surface area contributed by atoms with Gasteiger partial charge in [0.1, 0.15) is 4.90 Å². The second kappa shape index (κ2) is 3.72. The Bertz CT molecular complexity index is 383. The molecule has 0 unspecified atom stereocenters. The summed E-state index contributed by atoms with van der Waals surface area (Å²) in [6, 6.07) is 0. The van der Waals surface area contributed by atoms with Crippen LogP contribution < -0.4 is 0 Å². The van der Waals surface area contributed by atoms with Gasteiger partial charge in [-0.2, -0.15) is 8.42 Å². The van der Waals surface area contributed by atoms with Gasteiger partial charge in [-0.3, -0.25) is 9.54 Å². The average Bonchev–Trinajstić information content (AvgIpc) is 1.82. The lowest BCUT2D eigenvalue weighted by molar-refractivity contribution is 0.481. The lowest BCUT2D eigenvalue weighted by atomic mass is 10.5. The van der Waals surface area contributed by atoms with Crippen LogP contribution in [0.4, 0.5) is 0 Å². The molecule has 0 aliphatic heterocycles. The van der Waals surface area contributed by atoms with Crippen molar-refractivity contribution >= 4 is 55.3 Å². The highest BCUT2D eigenvalue weighted by molar-refractivity contribution is 14.1. The van der Waals surface area contributed by atoms with Gasteiger partial charge in [-0.25, -0.2) is 0 Å². The molecule has 1 aromatic rings. The molecule has 0 aliphatic rings. The van der Waals surface area contributed by atoms with Gasteiger partial charge in [0.05, 0.1) is 7.14 Å². The highest BCUT2D eigenvalue weighted by Crippen LogP contribution is 2.21. The molecule has 0 spiro atoms. The third kappa shape index (κ3) is 2.26. The van der Waals surface area contributed by atoms with Crippen LogP contribution in [-0.2, 0) is 10.1 Å². The topological polar surface area (TPSA) is 67.3 Å². The van der Waals surface area contributed by atoms with E-state index in [0.717, 1.165) is 0 Å². The van der Waals surface area contributed by atoms with Crippen LogP contribution in [0.2, 0.25) is 0 Å². The Morgan fingerprint density at radius 3 is 1.92 bits per heavy atom. The standard InChI is InChI=1S/C5H3I2NO3S/c6-3-1-8-2-4(7)5(3)12(9,10)11/h1-2H,(H,9,10,11). The molecule has 1 aromatic heterocycles. The van der Waals surface area contributed by atoms with Crippen molar-refractivity contribution in [1.29, 1.82) is 0 Å². The molecule has 0 radical (unpaired) electrons. The van der Waals surface area contributed by atoms with Gasteiger partial charge in [-0.05, 0) is 45.2 Å². The van der Waals surface area contributed by atoms with E-state index >= 15 is 0 Å². The number of hydrogen-bond acceptors (Lipinski definition) is 3. The van der Waals surface area contributed by atoms with Crippen molar-refractivity contribution in [3.05, 3.63) is 19.5 Å². The fourth-order valence-corrected chi connectivity index (χ4v) is 4.33. The molecule has 0 atom stereocenters. The number of rotatable bonds is 1. The molecule has 0 amide bonds. The number of aromatic nitrogens is 1. The molecule has 1 N–H and O–H groups in total. The van der Waals surface area contributed by atoms with Gasteiger partial charge >= 0.3 is 0 Å². The maximum absolute atomic E-state index is 10.8. The highest BCUT2D eigenvalue weighted by atomic mass is 127. The minimum absolute atomic E-state index is 0.0706. The first-order valence-corrected chi connectivity index (χ1v) is 6.29. The van der Waals surface area contributed by atoms with E-state index in [-0.39, 0.29) is 4.90 Å². The Hall–Kier alpha value is 0.520.